The molecule has 1 aliphatic heterocycles. The Hall–Kier alpha value is -1.32. The van der Waals surface area contributed by atoms with Crippen molar-refractivity contribution < 1.29 is 19.1 Å². The first-order chi connectivity index (χ1) is 10.4. The van der Waals surface area contributed by atoms with Crippen molar-refractivity contribution in [3.63, 3.8) is 0 Å². The number of allylic oxidation sites excluding steroid dienone is 2. The molecule has 6 atom stereocenters. The Morgan fingerprint density at radius 3 is 2.73 bits per heavy atom. The monoisotopic (exact) mass is 304 g/mol. The van der Waals surface area contributed by atoms with Crippen LogP contribution < -0.4 is 0 Å². The summed E-state index contributed by atoms with van der Waals surface area (Å²) in [5, 5.41) is 0. The SMILES string of the molecule is CC(C)(OC(=O)C1CC2C=CC1C2)C1C(=O)OC2CCC1C2. The van der Waals surface area contributed by atoms with Crippen LogP contribution >= 0.6 is 0 Å². The van der Waals surface area contributed by atoms with Gasteiger partial charge in [-0.25, -0.2) is 0 Å². The summed E-state index contributed by atoms with van der Waals surface area (Å²) in [5.41, 5.74) is -0.778. The highest BCUT2D eigenvalue weighted by atomic mass is 16.6. The van der Waals surface area contributed by atoms with E-state index in [1.807, 2.05) is 13.8 Å². The van der Waals surface area contributed by atoms with Crippen molar-refractivity contribution in [1.82, 2.24) is 0 Å². The second-order valence-corrected chi connectivity index (χ2v) is 8.02. The third-order valence-electron chi connectivity index (χ3n) is 6.13. The maximum atomic E-state index is 12.6. The van der Waals surface area contributed by atoms with Crippen LogP contribution in [-0.4, -0.2) is 23.6 Å². The fourth-order valence-corrected chi connectivity index (χ4v) is 5.11. The van der Waals surface area contributed by atoms with Gasteiger partial charge in [0, 0.05) is 0 Å². The number of rotatable bonds is 3. The first kappa shape index (κ1) is 14.3. The van der Waals surface area contributed by atoms with Crippen LogP contribution in [-0.2, 0) is 19.1 Å². The van der Waals surface area contributed by atoms with Crippen molar-refractivity contribution in [3.05, 3.63) is 12.2 Å². The van der Waals surface area contributed by atoms with Gasteiger partial charge in [-0.3, -0.25) is 9.59 Å². The summed E-state index contributed by atoms with van der Waals surface area (Å²) in [6.07, 6.45) is 9.32. The fraction of sp³-hybridized carbons (Fsp3) is 0.778. The molecule has 22 heavy (non-hydrogen) atoms. The number of carbonyl (C=O) groups excluding carboxylic acids is 2. The highest BCUT2D eigenvalue weighted by molar-refractivity contribution is 5.78. The van der Waals surface area contributed by atoms with E-state index in [-0.39, 0.29) is 29.9 Å². The smallest absolute Gasteiger partial charge is 0.313 e. The molecule has 1 saturated heterocycles. The first-order valence-corrected chi connectivity index (χ1v) is 8.56. The summed E-state index contributed by atoms with van der Waals surface area (Å²) in [4.78, 5) is 24.9. The van der Waals surface area contributed by atoms with Crippen LogP contribution in [0.15, 0.2) is 12.2 Å². The molecule has 4 bridgehead atoms. The maximum absolute atomic E-state index is 12.6. The van der Waals surface area contributed by atoms with E-state index in [4.69, 9.17) is 9.47 Å². The number of fused-ring (bicyclic) bond motifs is 4. The Bertz CT molecular complexity index is 535. The van der Waals surface area contributed by atoms with E-state index in [9.17, 15) is 9.59 Å². The molecule has 0 aromatic rings. The van der Waals surface area contributed by atoms with E-state index in [0.29, 0.717) is 17.8 Å². The van der Waals surface area contributed by atoms with Crippen LogP contribution in [0.25, 0.3) is 0 Å². The Kier molecular flexibility index (Phi) is 3.14. The van der Waals surface area contributed by atoms with Crippen molar-refractivity contribution in [3.8, 4) is 0 Å². The molecule has 0 radical (unpaired) electrons. The lowest BCUT2D eigenvalue weighted by Gasteiger charge is -2.39. The van der Waals surface area contributed by atoms with E-state index in [1.54, 1.807) is 0 Å². The maximum Gasteiger partial charge on any atom is 0.313 e. The van der Waals surface area contributed by atoms with E-state index < -0.39 is 5.60 Å². The average molecular weight is 304 g/mol. The van der Waals surface area contributed by atoms with Gasteiger partial charge < -0.3 is 9.47 Å². The standard InChI is InChI=1S/C18H24O4/c1-18(2,15-12-5-6-13(9-12)21-17(15)20)22-16(19)14-8-10-3-4-11(14)7-10/h3-4,10-15H,5-9H2,1-2H3. The number of esters is 2. The van der Waals surface area contributed by atoms with Gasteiger partial charge in [0.15, 0.2) is 0 Å². The highest BCUT2D eigenvalue weighted by Gasteiger charge is 2.52. The Morgan fingerprint density at radius 1 is 1.23 bits per heavy atom. The first-order valence-electron chi connectivity index (χ1n) is 8.56. The van der Waals surface area contributed by atoms with Gasteiger partial charge in [-0.1, -0.05) is 12.2 Å². The number of carbonyl (C=O) groups is 2. The van der Waals surface area contributed by atoms with Crippen molar-refractivity contribution >= 4 is 11.9 Å². The molecule has 4 nitrogen and oxygen atoms in total. The zero-order valence-electron chi connectivity index (χ0n) is 13.3. The van der Waals surface area contributed by atoms with E-state index in [1.165, 1.54) is 0 Å². The van der Waals surface area contributed by atoms with Gasteiger partial charge >= 0.3 is 11.9 Å². The Labute approximate surface area is 131 Å². The molecule has 2 saturated carbocycles. The van der Waals surface area contributed by atoms with Crippen LogP contribution in [0, 0.1) is 29.6 Å². The van der Waals surface area contributed by atoms with Gasteiger partial charge in [0.25, 0.3) is 0 Å². The lowest BCUT2D eigenvalue weighted by Crippen LogP contribution is -2.49. The van der Waals surface area contributed by atoms with Gasteiger partial charge in [0.2, 0.25) is 0 Å². The minimum absolute atomic E-state index is 0.0230. The zero-order valence-corrected chi connectivity index (χ0v) is 13.3. The highest BCUT2D eigenvalue weighted by Crippen LogP contribution is 2.47. The van der Waals surface area contributed by atoms with E-state index >= 15 is 0 Å². The molecule has 6 unspecified atom stereocenters. The summed E-state index contributed by atoms with van der Waals surface area (Å²) >= 11 is 0. The van der Waals surface area contributed by atoms with Gasteiger partial charge in [0.05, 0.1) is 11.8 Å². The number of hydrogen-bond acceptors (Lipinski definition) is 4. The lowest BCUT2D eigenvalue weighted by molar-refractivity contribution is -0.186. The van der Waals surface area contributed by atoms with Crippen molar-refractivity contribution in [1.29, 1.82) is 0 Å². The molecular formula is C18H24O4. The van der Waals surface area contributed by atoms with Crippen LogP contribution in [0.5, 0.6) is 0 Å². The molecule has 4 heteroatoms. The predicted octanol–water partition coefficient (Wildman–Crippen LogP) is 2.86. The van der Waals surface area contributed by atoms with Crippen molar-refractivity contribution in [2.45, 2.75) is 57.7 Å². The summed E-state index contributed by atoms with van der Waals surface area (Å²) in [7, 11) is 0. The molecule has 0 amide bonds. The second-order valence-electron chi connectivity index (χ2n) is 8.02. The van der Waals surface area contributed by atoms with Crippen molar-refractivity contribution in [2.75, 3.05) is 0 Å². The van der Waals surface area contributed by atoms with Crippen molar-refractivity contribution in [2.24, 2.45) is 29.6 Å². The predicted molar refractivity (Wildman–Crippen MR) is 79.7 cm³/mol. The Balaban J connectivity index is 1.47. The molecular weight excluding hydrogens is 280 g/mol. The third-order valence-corrected chi connectivity index (χ3v) is 6.13. The summed E-state index contributed by atoms with van der Waals surface area (Å²) in [5.74, 6) is 0.533. The molecule has 3 fully saturated rings. The molecule has 0 aromatic heterocycles. The van der Waals surface area contributed by atoms with Gasteiger partial charge in [-0.15, -0.1) is 0 Å². The van der Waals surface area contributed by atoms with E-state index in [0.717, 1.165) is 32.1 Å². The number of hydrogen-bond donors (Lipinski definition) is 0. The molecule has 0 N–H and O–H groups in total. The largest absolute Gasteiger partial charge is 0.462 e. The van der Waals surface area contributed by atoms with E-state index in [2.05, 4.69) is 12.2 Å². The van der Waals surface area contributed by atoms with Gasteiger partial charge in [0.1, 0.15) is 11.7 Å². The molecule has 0 spiro atoms. The quantitative estimate of drug-likeness (QED) is 0.594. The fourth-order valence-electron chi connectivity index (χ4n) is 5.11. The summed E-state index contributed by atoms with van der Waals surface area (Å²) in [6, 6.07) is 0. The molecule has 4 aliphatic rings. The van der Waals surface area contributed by atoms with Gasteiger partial charge in [-0.2, -0.15) is 0 Å². The molecule has 4 rings (SSSR count). The second kappa shape index (κ2) is 4.84. The third kappa shape index (κ3) is 2.19. The minimum atomic E-state index is -0.778. The van der Waals surface area contributed by atoms with Crippen LogP contribution in [0.1, 0.15) is 46.0 Å². The molecule has 120 valence electrons. The number of ether oxygens (including phenoxy) is 2. The summed E-state index contributed by atoms with van der Waals surface area (Å²) < 4.78 is 11.4. The Morgan fingerprint density at radius 2 is 2.05 bits per heavy atom. The topological polar surface area (TPSA) is 52.6 Å². The van der Waals surface area contributed by atoms with Crippen LogP contribution in [0.2, 0.25) is 0 Å². The normalized spacial score (nSPS) is 42.5. The van der Waals surface area contributed by atoms with Gasteiger partial charge in [-0.05, 0) is 63.7 Å². The zero-order chi connectivity index (χ0) is 15.5. The minimum Gasteiger partial charge on any atom is -0.462 e. The van der Waals surface area contributed by atoms with Crippen LogP contribution in [0.4, 0.5) is 0 Å². The summed E-state index contributed by atoms with van der Waals surface area (Å²) in [6.45, 7) is 3.75. The molecule has 0 aromatic carbocycles. The molecule has 1 heterocycles. The molecule has 3 aliphatic carbocycles. The lowest BCUT2D eigenvalue weighted by atomic mass is 9.78. The van der Waals surface area contributed by atoms with Crippen LogP contribution in [0.3, 0.4) is 0 Å². The average Bonchev–Trinajstić information content (AvgIpc) is 3.13.